The Morgan fingerprint density at radius 1 is 0.447 bits per heavy atom. The molecule has 0 amide bonds. The second-order valence-corrected chi connectivity index (χ2v) is 45.6. The van der Waals surface area contributed by atoms with E-state index in [-0.39, 0.29) is 13.2 Å². The summed E-state index contributed by atoms with van der Waals surface area (Å²) in [7, 11) is -12.9. The molecule has 2 aliphatic heterocycles. The highest BCUT2D eigenvalue weighted by atomic mass is 28.4. The van der Waals surface area contributed by atoms with E-state index in [1.54, 1.807) is 0 Å². The molecular weight excluding hydrogens is 705 g/mol. The van der Waals surface area contributed by atoms with E-state index in [1.807, 2.05) is 0 Å². The van der Waals surface area contributed by atoms with E-state index >= 15 is 0 Å². The number of ether oxygens (including phenoxy) is 3. The highest BCUT2D eigenvalue weighted by Gasteiger charge is 2.56. The fourth-order valence-electron chi connectivity index (χ4n) is 5.44. The highest BCUT2D eigenvalue weighted by Crippen LogP contribution is 2.38. The Balaban J connectivity index is 2.69. The molecule has 4 unspecified atom stereocenters. The Labute approximate surface area is 292 Å². The molecule has 0 aromatic rings. The molecule has 0 aromatic carbocycles. The van der Waals surface area contributed by atoms with Gasteiger partial charge in [0.1, 0.15) is 48.8 Å². The van der Waals surface area contributed by atoms with E-state index in [4.69, 9.17) is 40.8 Å². The van der Waals surface area contributed by atoms with E-state index in [9.17, 15) is 10.2 Å². The van der Waals surface area contributed by atoms with Gasteiger partial charge >= 0.3 is 0 Å². The summed E-state index contributed by atoms with van der Waals surface area (Å²) < 4.78 is 60.2. The summed E-state index contributed by atoms with van der Waals surface area (Å²) >= 11 is 0. The maximum absolute atomic E-state index is 11.8. The van der Waals surface area contributed by atoms with E-state index in [0.717, 1.165) is 0 Å². The van der Waals surface area contributed by atoms with Crippen molar-refractivity contribution < 1.29 is 51.0 Å². The number of aliphatic hydroxyl groups excluding tert-OH is 2. The zero-order chi connectivity index (χ0) is 36.6. The van der Waals surface area contributed by atoms with Gasteiger partial charge < -0.3 is 51.0 Å². The molecule has 0 bridgehead atoms. The Hall–Kier alpha value is 0.861. The van der Waals surface area contributed by atoms with Gasteiger partial charge in [-0.05, 0) is 118 Å². The van der Waals surface area contributed by atoms with Crippen molar-refractivity contribution in [1.82, 2.24) is 0 Å². The first-order chi connectivity index (χ1) is 20.9. The molecule has 0 aliphatic carbocycles. The Bertz CT molecular complexity index is 964. The molecule has 47 heavy (non-hydrogen) atoms. The molecule has 2 N–H and O–H groups in total. The quantitative estimate of drug-likeness (QED) is 0.186. The molecule has 2 saturated heterocycles. The average molecular weight is 775 g/mol. The van der Waals surface area contributed by atoms with E-state index in [0.29, 0.717) is 0 Å². The second-order valence-electron chi connectivity index (χ2n) is 18.8. The minimum atomic E-state index is -2.23. The molecule has 2 fully saturated rings. The van der Waals surface area contributed by atoms with Gasteiger partial charge in [0.15, 0.2) is 62.5 Å². The predicted octanol–water partition coefficient (Wildman–Crippen LogP) is 5.76. The standard InChI is InChI=1S/C30H70O11Si6/c1-42(2,3)33-20-22-23(32)25(38-44(7,8)9)27(40-46(13,14)15)29(35-22)36-30-28(41-47(16,17)18)26(39-45(10,11)12)24(21(19-31)34-30)37-43(4,5)6/h21-32H,19-20H2,1-18H3/t21?,22-,23-,24-,25?,26?,27?,28+,29-,30-/m1/s1. The van der Waals surface area contributed by atoms with Crippen LogP contribution in [-0.2, 0) is 40.8 Å². The molecule has 2 rings (SSSR count). The smallest absolute Gasteiger partial charge is 0.188 e. The lowest BCUT2D eigenvalue weighted by molar-refractivity contribution is -0.369. The normalized spacial score (nSPS) is 33.7. The molecule has 0 spiro atoms. The Kier molecular flexibility index (Phi) is 15.2. The molecule has 2 aliphatic rings. The molecule has 17 heteroatoms. The lowest BCUT2D eigenvalue weighted by Crippen LogP contribution is -2.69. The molecule has 11 nitrogen and oxygen atoms in total. The SMILES string of the molecule is C[Si](C)(C)OC[C@H]1O[C@H](O[C@H]2OC(CO)[C@@H](O[Si](C)(C)C)C(O[Si](C)(C)C)[C@@H]2O[Si](C)(C)C)C(O[Si](C)(C)C)C(O[Si](C)(C)C)[C@@H]1O. The van der Waals surface area contributed by atoms with Crippen molar-refractivity contribution >= 4 is 49.9 Å². The molecular formula is C30H70O11Si6. The molecule has 0 aromatic heterocycles. The lowest BCUT2D eigenvalue weighted by Gasteiger charge is -2.52. The summed E-state index contributed by atoms with van der Waals surface area (Å²) in [6, 6.07) is 0. The van der Waals surface area contributed by atoms with Gasteiger partial charge in [-0.15, -0.1) is 0 Å². The maximum Gasteiger partial charge on any atom is 0.188 e. The van der Waals surface area contributed by atoms with Gasteiger partial charge in [-0.3, -0.25) is 0 Å². The fourth-order valence-corrected chi connectivity index (χ4v) is 11.5. The third-order valence-electron chi connectivity index (χ3n) is 6.79. The van der Waals surface area contributed by atoms with Crippen LogP contribution in [-0.4, -0.2) is 135 Å². The van der Waals surface area contributed by atoms with Crippen molar-refractivity contribution in [3.63, 3.8) is 0 Å². The molecule has 280 valence electrons. The van der Waals surface area contributed by atoms with Crippen molar-refractivity contribution in [2.45, 2.75) is 179 Å². The lowest BCUT2D eigenvalue weighted by atomic mass is 9.98. The summed E-state index contributed by atoms with van der Waals surface area (Å²) in [4.78, 5) is 0. The van der Waals surface area contributed by atoms with Crippen molar-refractivity contribution in [3.05, 3.63) is 0 Å². The second kappa shape index (κ2) is 16.3. The Morgan fingerprint density at radius 3 is 1.17 bits per heavy atom. The molecule has 10 atom stereocenters. The zero-order valence-corrected chi connectivity index (χ0v) is 38.8. The highest BCUT2D eigenvalue weighted by molar-refractivity contribution is 6.71. The number of hydrogen-bond donors (Lipinski definition) is 2. The van der Waals surface area contributed by atoms with Crippen LogP contribution in [0.5, 0.6) is 0 Å². The van der Waals surface area contributed by atoms with Gasteiger partial charge in [0.2, 0.25) is 0 Å². The predicted molar refractivity (Wildman–Crippen MR) is 202 cm³/mol. The number of hydrogen-bond acceptors (Lipinski definition) is 11. The molecule has 0 saturated carbocycles. The number of rotatable bonds is 16. The summed E-state index contributed by atoms with van der Waals surface area (Å²) in [5.74, 6) is 0. The largest absolute Gasteiger partial charge is 0.415 e. The van der Waals surface area contributed by atoms with Gasteiger partial charge in [0.05, 0.1) is 13.2 Å². The van der Waals surface area contributed by atoms with Crippen molar-refractivity contribution in [3.8, 4) is 0 Å². The van der Waals surface area contributed by atoms with E-state index < -0.39 is 111 Å². The van der Waals surface area contributed by atoms with Crippen LogP contribution < -0.4 is 0 Å². The van der Waals surface area contributed by atoms with Crippen LogP contribution in [0, 0.1) is 0 Å². The van der Waals surface area contributed by atoms with Gasteiger partial charge in [0, 0.05) is 0 Å². The van der Waals surface area contributed by atoms with Crippen LogP contribution in [0.1, 0.15) is 0 Å². The average Bonchev–Trinajstić information content (AvgIpc) is 2.81. The van der Waals surface area contributed by atoms with Crippen LogP contribution >= 0.6 is 0 Å². The molecule has 2 heterocycles. The minimum Gasteiger partial charge on any atom is -0.415 e. The van der Waals surface area contributed by atoms with Crippen molar-refractivity contribution in [2.24, 2.45) is 0 Å². The third-order valence-corrected chi connectivity index (χ3v) is 12.7. The van der Waals surface area contributed by atoms with Gasteiger partial charge in [-0.1, -0.05) is 0 Å². The first kappa shape index (κ1) is 44.0. The summed E-state index contributed by atoms with van der Waals surface area (Å²) in [6.45, 7) is 37.9. The van der Waals surface area contributed by atoms with Crippen LogP contribution in [0.4, 0.5) is 0 Å². The summed E-state index contributed by atoms with van der Waals surface area (Å²) in [6.07, 6.45) is -7.65. The first-order valence-corrected chi connectivity index (χ1v) is 37.6. The topological polar surface area (TPSA) is 124 Å². The maximum atomic E-state index is 11.8. The molecule has 0 radical (unpaired) electrons. The van der Waals surface area contributed by atoms with Crippen molar-refractivity contribution in [1.29, 1.82) is 0 Å². The third kappa shape index (κ3) is 15.6. The monoisotopic (exact) mass is 774 g/mol. The van der Waals surface area contributed by atoms with Gasteiger partial charge in [0.25, 0.3) is 0 Å². The summed E-state index contributed by atoms with van der Waals surface area (Å²) in [5.41, 5.74) is 0. The van der Waals surface area contributed by atoms with Crippen LogP contribution in [0.25, 0.3) is 0 Å². The van der Waals surface area contributed by atoms with Crippen LogP contribution in [0.2, 0.25) is 118 Å². The van der Waals surface area contributed by atoms with Crippen LogP contribution in [0.15, 0.2) is 0 Å². The van der Waals surface area contributed by atoms with Gasteiger partial charge in [-0.2, -0.15) is 0 Å². The minimum absolute atomic E-state index is 0.190. The Morgan fingerprint density at radius 2 is 0.787 bits per heavy atom. The van der Waals surface area contributed by atoms with E-state index in [1.165, 1.54) is 0 Å². The summed E-state index contributed by atoms with van der Waals surface area (Å²) in [5, 5.41) is 22.4. The zero-order valence-electron chi connectivity index (χ0n) is 32.8. The van der Waals surface area contributed by atoms with Gasteiger partial charge in [-0.25, -0.2) is 0 Å². The van der Waals surface area contributed by atoms with E-state index in [2.05, 4.69) is 118 Å². The first-order valence-electron chi connectivity index (χ1n) is 17.2. The number of aliphatic hydroxyl groups is 2. The fraction of sp³-hybridized carbons (Fsp3) is 1.00. The van der Waals surface area contributed by atoms with Crippen LogP contribution in [0.3, 0.4) is 0 Å². The van der Waals surface area contributed by atoms with Crippen molar-refractivity contribution in [2.75, 3.05) is 13.2 Å².